The molecule has 0 saturated carbocycles. The van der Waals surface area contributed by atoms with Crippen LogP contribution in [0.4, 0.5) is 17.5 Å². The number of esters is 2. The fourth-order valence-electron chi connectivity index (χ4n) is 6.17. The number of rotatable bonds is 7. The van der Waals surface area contributed by atoms with Crippen molar-refractivity contribution in [1.29, 1.82) is 0 Å². The van der Waals surface area contributed by atoms with Crippen LogP contribution in [-0.2, 0) is 14.3 Å². The van der Waals surface area contributed by atoms with Crippen LogP contribution in [0.2, 0.25) is 0 Å². The Morgan fingerprint density at radius 2 is 2.00 bits per heavy atom. The van der Waals surface area contributed by atoms with Gasteiger partial charge in [0.25, 0.3) is 0 Å². The quantitative estimate of drug-likeness (QED) is 0.397. The maximum absolute atomic E-state index is 12.2. The molecule has 38 heavy (non-hydrogen) atoms. The Morgan fingerprint density at radius 3 is 2.68 bits per heavy atom. The Bertz CT molecular complexity index is 1340. The molecule has 0 spiro atoms. The number of H-pyrrole nitrogens is 1. The Kier molecular flexibility index (Phi) is 6.61. The molecular weight excluding hydrogens is 486 g/mol. The molecule has 0 amide bonds. The normalized spacial score (nSPS) is 25.3. The standard InChI is InChI=1S/C27H33N7O4/c1-15-8-24(33-32-15)30-23-12-22-21(9-16(13-28-22)27(36)37-2)26(31-23)29-17-10-18-4-3-5-19(11-17)34(18)14-20-6-7-25(35)38-20/h8-9,12-13,17-20H,3-7,10-11,14H2,1-2H3,(H3,29,30,31,32,33)/t17?,18-,19+,20-/m1/s1. The predicted octanol–water partition coefficient (Wildman–Crippen LogP) is 3.69. The van der Waals surface area contributed by atoms with Crippen LogP contribution >= 0.6 is 0 Å². The summed E-state index contributed by atoms with van der Waals surface area (Å²) in [7, 11) is 1.36. The number of fused-ring (bicyclic) bond motifs is 3. The minimum absolute atomic E-state index is 0.0111. The van der Waals surface area contributed by atoms with Gasteiger partial charge in [-0.15, -0.1) is 0 Å². The molecule has 3 N–H and O–H groups in total. The first-order chi connectivity index (χ1) is 18.4. The van der Waals surface area contributed by atoms with Crippen molar-refractivity contribution >= 4 is 40.3 Å². The molecule has 3 aliphatic rings. The van der Waals surface area contributed by atoms with Crippen molar-refractivity contribution in [2.24, 2.45) is 0 Å². The number of methoxy groups -OCH3 is 1. The van der Waals surface area contributed by atoms with Crippen molar-refractivity contribution in [3.05, 3.63) is 35.7 Å². The molecule has 4 atom stereocenters. The van der Waals surface area contributed by atoms with Crippen molar-refractivity contribution < 1.29 is 19.1 Å². The molecule has 0 radical (unpaired) electrons. The van der Waals surface area contributed by atoms with Gasteiger partial charge in [0.05, 0.1) is 18.2 Å². The molecule has 3 saturated heterocycles. The first-order valence-electron chi connectivity index (χ1n) is 13.3. The lowest BCUT2D eigenvalue weighted by Gasteiger charge is -2.49. The summed E-state index contributed by atoms with van der Waals surface area (Å²) in [6.45, 7) is 2.76. The van der Waals surface area contributed by atoms with Crippen LogP contribution in [0, 0.1) is 6.92 Å². The highest BCUT2D eigenvalue weighted by Crippen LogP contribution is 2.37. The van der Waals surface area contributed by atoms with Crippen LogP contribution in [0.15, 0.2) is 24.4 Å². The summed E-state index contributed by atoms with van der Waals surface area (Å²) in [6, 6.07) is 6.63. The number of piperidine rings is 2. The van der Waals surface area contributed by atoms with Crippen LogP contribution < -0.4 is 10.6 Å². The van der Waals surface area contributed by atoms with Gasteiger partial charge in [-0.25, -0.2) is 9.78 Å². The summed E-state index contributed by atoms with van der Waals surface area (Å²) in [5.41, 5.74) is 2.04. The number of carbonyl (C=O) groups excluding carboxylic acids is 2. The number of carbonyl (C=O) groups is 2. The number of aromatic amines is 1. The van der Waals surface area contributed by atoms with Gasteiger partial charge in [-0.3, -0.25) is 19.8 Å². The number of nitrogens with zero attached hydrogens (tertiary/aromatic N) is 4. The number of anilines is 3. The average molecular weight is 520 g/mol. The second-order valence-electron chi connectivity index (χ2n) is 10.6. The van der Waals surface area contributed by atoms with Crippen molar-refractivity contribution in [2.45, 2.75) is 76.1 Å². The molecule has 1 unspecified atom stereocenters. The summed E-state index contributed by atoms with van der Waals surface area (Å²) < 4.78 is 10.5. The number of nitrogens with one attached hydrogen (secondary N) is 3. The Morgan fingerprint density at radius 1 is 1.18 bits per heavy atom. The number of aromatic nitrogens is 4. The first-order valence-corrected chi connectivity index (χ1v) is 13.3. The van der Waals surface area contributed by atoms with Gasteiger partial charge >= 0.3 is 11.9 Å². The summed E-state index contributed by atoms with van der Waals surface area (Å²) in [6.07, 6.45) is 8.32. The maximum Gasteiger partial charge on any atom is 0.339 e. The molecule has 3 aliphatic heterocycles. The summed E-state index contributed by atoms with van der Waals surface area (Å²) >= 11 is 0. The van der Waals surface area contributed by atoms with Crippen LogP contribution in [0.1, 0.15) is 61.0 Å². The minimum atomic E-state index is -0.435. The zero-order chi connectivity index (χ0) is 26.2. The number of hydrogen-bond acceptors (Lipinski definition) is 10. The number of aryl methyl sites for hydroxylation is 1. The molecule has 11 nitrogen and oxygen atoms in total. The van der Waals surface area contributed by atoms with Gasteiger partial charge in [-0.2, -0.15) is 5.10 Å². The van der Waals surface area contributed by atoms with E-state index in [4.69, 9.17) is 14.5 Å². The first kappa shape index (κ1) is 24.6. The summed E-state index contributed by atoms with van der Waals surface area (Å²) in [5.74, 6) is 1.45. The van der Waals surface area contributed by atoms with E-state index in [1.54, 1.807) is 6.07 Å². The molecule has 6 heterocycles. The fourth-order valence-corrected chi connectivity index (χ4v) is 6.17. The van der Waals surface area contributed by atoms with Gasteiger partial charge in [0.2, 0.25) is 0 Å². The average Bonchev–Trinajstić information content (AvgIpc) is 3.50. The van der Waals surface area contributed by atoms with Gasteiger partial charge in [0.1, 0.15) is 17.7 Å². The van der Waals surface area contributed by atoms with E-state index in [-0.39, 0.29) is 18.1 Å². The van der Waals surface area contributed by atoms with E-state index in [1.165, 1.54) is 19.7 Å². The number of hydrogen-bond donors (Lipinski definition) is 3. The Labute approximate surface area is 220 Å². The van der Waals surface area contributed by atoms with Crippen LogP contribution in [0.5, 0.6) is 0 Å². The zero-order valence-corrected chi connectivity index (χ0v) is 21.7. The lowest BCUT2D eigenvalue weighted by Crippen LogP contribution is -2.56. The lowest BCUT2D eigenvalue weighted by molar-refractivity contribution is -0.143. The van der Waals surface area contributed by atoms with E-state index in [0.29, 0.717) is 47.0 Å². The largest absolute Gasteiger partial charge is 0.465 e. The van der Waals surface area contributed by atoms with E-state index in [1.807, 2.05) is 19.1 Å². The molecule has 200 valence electrons. The third kappa shape index (κ3) is 5.02. The van der Waals surface area contributed by atoms with E-state index in [9.17, 15) is 9.59 Å². The van der Waals surface area contributed by atoms with E-state index >= 15 is 0 Å². The smallest absolute Gasteiger partial charge is 0.339 e. The van der Waals surface area contributed by atoms with E-state index in [0.717, 1.165) is 49.7 Å². The Balaban J connectivity index is 1.27. The molecule has 3 aromatic heterocycles. The maximum atomic E-state index is 12.2. The van der Waals surface area contributed by atoms with E-state index in [2.05, 4.69) is 30.7 Å². The molecular formula is C27H33N7O4. The minimum Gasteiger partial charge on any atom is -0.465 e. The van der Waals surface area contributed by atoms with Gasteiger partial charge < -0.3 is 20.1 Å². The molecule has 3 fully saturated rings. The Hall–Kier alpha value is -3.73. The number of ether oxygens (including phenoxy) is 2. The van der Waals surface area contributed by atoms with E-state index < -0.39 is 5.97 Å². The molecule has 2 bridgehead atoms. The second kappa shape index (κ2) is 10.2. The van der Waals surface area contributed by atoms with Crippen LogP contribution in [0.3, 0.4) is 0 Å². The highest BCUT2D eigenvalue weighted by molar-refractivity contribution is 5.98. The highest BCUT2D eigenvalue weighted by atomic mass is 16.5. The predicted molar refractivity (Wildman–Crippen MR) is 141 cm³/mol. The molecule has 3 aromatic rings. The molecule has 0 aliphatic carbocycles. The van der Waals surface area contributed by atoms with Crippen molar-refractivity contribution in [1.82, 2.24) is 25.1 Å². The highest BCUT2D eigenvalue weighted by Gasteiger charge is 2.40. The van der Waals surface area contributed by atoms with Gasteiger partial charge in [-0.05, 0) is 45.1 Å². The zero-order valence-electron chi connectivity index (χ0n) is 21.7. The van der Waals surface area contributed by atoms with Crippen molar-refractivity contribution in [3.8, 4) is 0 Å². The monoisotopic (exact) mass is 519 g/mol. The topological polar surface area (TPSA) is 134 Å². The molecule has 6 rings (SSSR count). The summed E-state index contributed by atoms with van der Waals surface area (Å²) in [5, 5.41) is 14.9. The third-order valence-electron chi connectivity index (χ3n) is 7.91. The number of cyclic esters (lactones) is 1. The van der Waals surface area contributed by atoms with Crippen LogP contribution in [-0.4, -0.2) is 74.9 Å². The molecule has 0 aromatic carbocycles. The second-order valence-corrected chi connectivity index (χ2v) is 10.6. The third-order valence-corrected chi connectivity index (χ3v) is 7.91. The van der Waals surface area contributed by atoms with Gasteiger partial charge in [0.15, 0.2) is 5.82 Å². The van der Waals surface area contributed by atoms with Gasteiger partial charge in [0, 0.05) is 60.5 Å². The fraction of sp³-hybridized carbons (Fsp3) is 0.519. The molecule has 11 heteroatoms. The number of pyridine rings is 2. The summed E-state index contributed by atoms with van der Waals surface area (Å²) in [4.78, 5) is 35.9. The van der Waals surface area contributed by atoms with Crippen molar-refractivity contribution in [2.75, 3.05) is 24.3 Å². The van der Waals surface area contributed by atoms with Crippen molar-refractivity contribution in [3.63, 3.8) is 0 Å². The lowest BCUT2D eigenvalue weighted by atomic mass is 9.81. The van der Waals surface area contributed by atoms with Crippen LogP contribution in [0.25, 0.3) is 10.9 Å². The SMILES string of the molecule is COC(=O)c1cnc2cc(Nc3cc(C)[nH]n3)nc(NC3C[C@H]4CCC[C@@H](C3)N4C[C@H]3CCC(=O)O3)c2c1. The van der Waals surface area contributed by atoms with Gasteiger partial charge in [-0.1, -0.05) is 6.42 Å².